The van der Waals surface area contributed by atoms with Gasteiger partial charge in [-0.05, 0) is 52.1 Å². The fourth-order valence-corrected chi connectivity index (χ4v) is 5.56. The Morgan fingerprint density at radius 2 is 1.37 bits per heavy atom. The van der Waals surface area contributed by atoms with Gasteiger partial charge in [0, 0.05) is 5.92 Å². The summed E-state index contributed by atoms with van der Waals surface area (Å²) in [5, 5.41) is 0. The minimum atomic E-state index is -0.652. The van der Waals surface area contributed by atoms with Crippen molar-refractivity contribution >= 4 is 12.0 Å². The van der Waals surface area contributed by atoms with Gasteiger partial charge in [0.25, 0.3) is 0 Å². The van der Waals surface area contributed by atoms with Crippen molar-refractivity contribution in [2.45, 2.75) is 12.0 Å². The SMILES string of the molecule is COc1cc([C@@H]2c3cc4c(cc3C=C[C@H]2C(=O)OC(c2ccccc2)c2ccccc2)OCO4)cc(OC)c1OC. The molecule has 208 valence electrons. The van der Waals surface area contributed by atoms with E-state index in [1.807, 2.05) is 97.1 Å². The lowest BCUT2D eigenvalue weighted by atomic mass is 9.75. The van der Waals surface area contributed by atoms with Gasteiger partial charge in [0.2, 0.25) is 12.5 Å². The maximum Gasteiger partial charge on any atom is 0.314 e. The Hall–Kier alpha value is -4.91. The molecule has 1 heterocycles. The minimum absolute atomic E-state index is 0.151. The van der Waals surface area contributed by atoms with Crippen molar-refractivity contribution in [2.75, 3.05) is 28.1 Å². The largest absolute Gasteiger partial charge is 0.493 e. The number of ether oxygens (including phenoxy) is 6. The molecule has 0 saturated carbocycles. The number of hydrogen-bond acceptors (Lipinski definition) is 7. The summed E-state index contributed by atoms with van der Waals surface area (Å²) in [5.41, 5.74) is 4.42. The average Bonchev–Trinajstić information content (AvgIpc) is 3.49. The van der Waals surface area contributed by atoms with E-state index in [1.54, 1.807) is 21.3 Å². The van der Waals surface area contributed by atoms with Gasteiger partial charge in [-0.3, -0.25) is 4.79 Å². The zero-order valence-corrected chi connectivity index (χ0v) is 23.0. The smallest absolute Gasteiger partial charge is 0.314 e. The molecule has 0 N–H and O–H groups in total. The summed E-state index contributed by atoms with van der Waals surface area (Å²) >= 11 is 0. The van der Waals surface area contributed by atoms with Crippen molar-refractivity contribution in [3.63, 3.8) is 0 Å². The molecule has 2 atom stereocenters. The lowest BCUT2D eigenvalue weighted by Crippen LogP contribution is -2.28. The quantitative estimate of drug-likeness (QED) is 0.230. The first-order valence-electron chi connectivity index (χ1n) is 13.3. The van der Waals surface area contributed by atoms with Crippen LogP contribution in [0, 0.1) is 5.92 Å². The highest BCUT2D eigenvalue weighted by Crippen LogP contribution is 2.49. The monoisotopic (exact) mass is 550 g/mol. The molecule has 0 saturated heterocycles. The molecular formula is C34H30O7. The van der Waals surface area contributed by atoms with Crippen LogP contribution in [0.5, 0.6) is 28.7 Å². The van der Waals surface area contributed by atoms with Crippen LogP contribution in [-0.4, -0.2) is 34.1 Å². The number of fused-ring (bicyclic) bond motifs is 2. The van der Waals surface area contributed by atoms with Crippen molar-refractivity contribution < 1.29 is 33.2 Å². The molecule has 0 amide bonds. The van der Waals surface area contributed by atoms with E-state index in [-0.39, 0.29) is 12.8 Å². The van der Waals surface area contributed by atoms with Crippen LogP contribution in [0.4, 0.5) is 0 Å². The predicted octanol–water partition coefficient (Wildman–Crippen LogP) is 6.55. The van der Waals surface area contributed by atoms with Gasteiger partial charge in [-0.1, -0.05) is 72.8 Å². The summed E-state index contributed by atoms with van der Waals surface area (Å²) in [4.78, 5) is 14.2. The minimum Gasteiger partial charge on any atom is -0.493 e. The number of carbonyl (C=O) groups excluding carboxylic acids is 1. The molecule has 6 rings (SSSR count). The normalized spacial score (nSPS) is 16.7. The molecule has 0 fully saturated rings. The van der Waals surface area contributed by atoms with Gasteiger partial charge >= 0.3 is 5.97 Å². The molecule has 1 aliphatic carbocycles. The van der Waals surface area contributed by atoms with Crippen molar-refractivity contribution in [3.8, 4) is 28.7 Å². The molecule has 0 spiro atoms. The summed E-state index contributed by atoms with van der Waals surface area (Å²) in [5.74, 6) is 1.33. The van der Waals surface area contributed by atoms with Crippen LogP contribution in [0.15, 0.2) is 91.0 Å². The van der Waals surface area contributed by atoms with Gasteiger partial charge in [-0.15, -0.1) is 0 Å². The van der Waals surface area contributed by atoms with Crippen LogP contribution in [-0.2, 0) is 9.53 Å². The maximum absolute atomic E-state index is 14.2. The highest BCUT2D eigenvalue weighted by atomic mass is 16.7. The van der Waals surface area contributed by atoms with Gasteiger partial charge in [-0.25, -0.2) is 0 Å². The number of esters is 1. The van der Waals surface area contributed by atoms with E-state index in [0.717, 1.165) is 27.8 Å². The van der Waals surface area contributed by atoms with E-state index in [4.69, 9.17) is 28.4 Å². The third-order valence-corrected chi connectivity index (χ3v) is 7.51. The Labute approximate surface area is 238 Å². The van der Waals surface area contributed by atoms with Crippen LogP contribution >= 0.6 is 0 Å². The Balaban J connectivity index is 1.45. The lowest BCUT2D eigenvalue weighted by molar-refractivity contribution is -0.151. The van der Waals surface area contributed by atoms with E-state index < -0.39 is 17.9 Å². The third-order valence-electron chi connectivity index (χ3n) is 7.51. The third kappa shape index (κ3) is 4.95. The molecule has 0 radical (unpaired) electrons. The summed E-state index contributed by atoms with van der Waals surface area (Å²) < 4.78 is 34.6. The van der Waals surface area contributed by atoms with Gasteiger partial charge in [0.15, 0.2) is 29.1 Å². The van der Waals surface area contributed by atoms with Gasteiger partial charge in [-0.2, -0.15) is 0 Å². The first kappa shape index (κ1) is 26.3. The zero-order chi connectivity index (χ0) is 28.3. The van der Waals surface area contributed by atoms with Gasteiger partial charge in [0.1, 0.15) is 0 Å². The lowest BCUT2D eigenvalue weighted by Gasteiger charge is -2.31. The molecular weight excluding hydrogens is 520 g/mol. The van der Waals surface area contributed by atoms with Crippen molar-refractivity contribution in [1.29, 1.82) is 0 Å². The Morgan fingerprint density at radius 3 is 1.93 bits per heavy atom. The maximum atomic E-state index is 14.2. The topological polar surface area (TPSA) is 72.5 Å². The molecule has 1 aliphatic heterocycles. The van der Waals surface area contributed by atoms with Crippen molar-refractivity contribution in [2.24, 2.45) is 5.92 Å². The highest BCUT2D eigenvalue weighted by Gasteiger charge is 2.38. The summed E-state index contributed by atoms with van der Waals surface area (Å²) in [6.45, 7) is 0.151. The molecule has 7 heteroatoms. The molecule has 4 aromatic rings. The predicted molar refractivity (Wildman–Crippen MR) is 154 cm³/mol. The Morgan fingerprint density at radius 1 is 0.780 bits per heavy atom. The fourth-order valence-electron chi connectivity index (χ4n) is 5.56. The summed E-state index contributed by atoms with van der Waals surface area (Å²) in [6.07, 6.45) is 3.27. The average molecular weight is 551 g/mol. The molecule has 41 heavy (non-hydrogen) atoms. The van der Waals surface area contributed by atoms with E-state index in [9.17, 15) is 4.79 Å². The second-order valence-electron chi connectivity index (χ2n) is 9.79. The molecule has 4 aromatic carbocycles. The molecule has 0 aromatic heterocycles. The Kier molecular flexibility index (Phi) is 7.25. The Bertz CT molecular complexity index is 1520. The fraction of sp³-hybridized carbons (Fsp3) is 0.206. The molecule has 0 unspecified atom stereocenters. The number of rotatable bonds is 8. The first-order chi connectivity index (χ1) is 20.1. The van der Waals surface area contributed by atoms with Crippen LogP contribution in [0.2, 0.25) is 0 Å². The van der Waals surface area contributed by atoms with Crippen molar-refractivity contribution in [1.82, 2.24) is 0 Å². The number of methoxy groups -OCH3 is 3. The summed E-state index contributed by atoms with van der Waals surface area (Å²) in [7, 11) is 4.71. The molecule has 7 nitrogen and oxygen atoms in total. The van der Waals surface area contributed by atoms with E-state index in [0.29, 0.717) is 28.7 Å². The highest BCUT2D eigenvalue weighted by molar-refractivity contribution is 5.82. The van der Waals surface area contributed by atoms with E-state index >= 15 is 0 Å². The molecule has 0 bridgehead atoms. The summed E-state index contributed by atoms with van der Waals surface area (Å²) in [6, 6.07) is 27.2. The van der Waals surface area contributed by atoms with Crippen LogP contribution < -0.4 is 23.7 Å². The molecule has 2 aliphatic rings. The van der Waals surface area contributed by atoms with Gasteiger partial charge in [0.05, 0.1) is 27.2 Å². The van der Waals surface area contributed by atoms with Gasteiger partial charge < -0.3 is 28.4 Å². The van der Waals surface area contributed by atoms with Crippen molar-refractivity contribution in [3.05, 3.63) is 119 Å². The van der Waals surface area contributed by atoms with E-state index in [1.165, 1.54) is 0 Å². The number of hydrogen-bond donors (Lipinski definition) is 0. The second kappa shape index (κ2) is 11.3. The number of carbonyl (C=O) groups is 1. The number of benzene rings is 4. The van der Waals surface area contributed by atoms with E-state index in [2.05, 4.69) is 0 Å². The second-order valence-corrected chi connectivity index (χ2v) is 9.79. The van der Waals surface area contributed by atoms with Crippen LogP contribution in [0.25, 0.3) is 6.08 Å². The van der Waals surface area contributed by atoms with Crippen LogP contribution in [0.3, 0.4) is 0 Å². The zero-order valence-electron chi connectivity index (χ0n) is 23.0. The van der Waals surface area contributed by atoms with Crippen LogP contribution in [0.1, 0.15) is 39.8 Å². The first-order valence-corrected chi connectivity index (χ1v) is 13.3. The standard InChI is InChI=1S/C34H30O7/c1-36-29-17-24(18-30(37-2)33(29)38-3)31-25(15-14-23-16-27-28(19-26(23)31)40-20-39-27)34(35)41-32(21-10-6-4-7-11-21)22-12-8-5-9-13-22/h4-19,25,31-32H,20H2,1-3H3/t25-,31+/m1/s1.